The van der Waals surface area contributed by atoms with Crippen LogP contribution in [0.2, 0.25) is 0 Å². The summed E-state index contributed by atoms with van der Waals surface area (Å²) < 4.78 is 10.7. The monoisotopic (exact) mass is 606 g/mol. The van der Waals surface area contributed by atoms with Crippen molar-refractivity contribution < 1.29 is 28.7 Å². The molecule has 2 aliphatic heterocycles. The van der Waals surface area contributed by atoms with Gasteiger partial charge in [-0.05, 0) is 12.1 Å². The number of fused-ring (bicyclic) bond motifs is 2. The Hall–Kier alpha value is -3.52. The third-order valence-corrected chi connectivity index (χ3v) is 8.10. The van der Waals surface area contributed by atoms with Crippen LogP contribution >= 0.6 is 0 Å². The number of morpholine rings is 2. The summed E-state index contributed by atoms with van der Waals surface area (Å²) in [6, 6.07) is 9.73. The number of nitrogens with one attached hydrogen (secondary N) is 4. The highest BCUT2D eigenvalue weighted by atomic mass is 16.5. The van der Waals surface area contributed by atoms with Gasteiger partial charge < -0.3 is 30.7 Å². The van der Waals surface area contributed by atoms with Crippen molar-refractivity contribution in [1.82, 2.24) is 20.4 Å². The Morgan fingerprint density at radius 3 is 1.43 bits per heavy atom. The van der Waals surface area contributed by atoms with Crippen molar-refractivity contribution in [3.63, 3.8) is 0 Å². The van der Waals surface area contributed by atoms with E-state index in [4.69, 9.17) is 9.47 Å². The Morgan fingerprint density at radius 2 is 1.02 bits per heavy atom. The van der Waals surface area contributed by atoms with Crippen LogP contribution in [-0.4, -0.2) is 125 Å². The Balaban J connectivity index is 1.14. The summed E-state index contributed by atoms with van der Waals surface area (Å²) in [5.74, 6) is -1.23. The fourth-order valence-corrected chi connectivity index (χ4v) is 5.65. The molecule has 4 N–H and O–H groups in total. The summed E-state index contributed by atoms with van der Waals surface area (Å²) in [7, 11) is 0. The van der Waals surface area contributed by atoms with Crippen LogP contribution in [0, 0.1) is 0 Å². The standard InChI is InChI=1S/C32H42N6O6/c39-27(7-9-33-11-13-37-15-19-43-20-16-37)35-25-5-1-3-23-29(25)32(42)24-4-2-6-26(30(24)31(23)41)36-28(40)8-10-34-12-14-38-17-21-44-22-18-38/h1-6,33-34H,7-22H2,(H,35,39)(H,36,40). The normalized spacial score (nSPS) is 17.2. The molecule has 0 saturated carbocycles. The summed E-state index contributed by atoms with van der Waals surface area (Å²) >= 11 is 0. The molecule has 0 spiro atoms. The molecule has 236 valence electrons. The third kappa shape index (κ3) is 8.35. The summed E-state index contributed by atoms with van der Waals surface area (Å²) in [4.78, 5) is 57.4. The highest BCUT2D eigenvalue weighted by molar-refractivity contribution is 6.32. The summed E-state index contributed by atoms with van der Waals surface area (Å²) in [6.07, 6.45) is 0.452. The number of ether oxygens (including phenoxy) is 2. The summed E-state index contributed by atoms with van der Waals surface area (Å²) in [6.45, 7) is 11.0. The van der Waals surface area contributed by atoms with Crippen LogP contribution in [-0.2, 0) is 19.1 Å². The van der Waals surface area contributed by atoms with Gasteiger partial charge in [0.1, 0.15) is 0 Å². The Morgan fingerprint density at radius 1 is 0.614 bits per heavy atom. The number of ketones is 2. The van der Waals surface area contributed by atoms with E-state index in [0.29, 0.717) is 24.5 Å². The Labute approximate surface area is 257 Å². The van der Waals surface area contributed by atoms with Crippen LogP contribution in [0.4, 0.5) is 11.4 Å². The van der Waals surface area contributed by atoms with Crippen LogP contribution in [0.15, 0.2) is 36.4 Å². The maximum Gasteiger partial charge on any atom is 0.225 e. The lowest BCUT2D eigenvalue weighted by Gasteiger charge is -2.26. The van der Waals surface area contributed by atoms with Crippen molar-refractivity contribution >= 4 is 34.8 Å². The van der Waals surface area contributed by atoms with Crippen molar-refractivity contribution in [3.05, 3.63) is 58.7 Å². The summed E-state index contributed by atoms with van der Waals surface area (Å²) in [5, 5.41) is 12.2. The lowest BCUT2D eigenvalue weighted by atomic mass is 9.82. The van der Waals surface area contributed by atoms with Gasteiger partial charge in [-0.3, -0.25) is 29.0 Å². The molecule has 3 aliphatic rings. The van der Waals surface area contributed by atoms with E-state index in [1.165, 1.54) is 0 Å². The number of carbonyl (C=O) groups is 4. The predicted molar refractivity (Wildman–Crippen MR) is 166 cm³/mol. The molecular formula is C32H42N6O6. The minimum atomic E-state index is -0.366. The van der Waals surface area contributed by atoms with E-state index in [9.17, 15) is 19.2 Å². The van der Waals surface area contributed by atoms with E-state index in [-0.39, 0.29) is 58.5 Å². The molecule has 1 aliphatic carbocycles. The van der Waals surface area contributed by atoms with Crippen molar-refractivity contribution in [2.75, 3.05) is 103 Å². The second-order valence-corrected chi connectivity index (χ2v) is 11.1. The van der Waals surface area contributed by atoms with Crippen molar-refractivity contribution in [1.29, 1.82) is 0 Å². The molecule has 12 nitrogen and oxygen atoms in total. The lowest BCUT2D eigenvalue weighted by Crippen LogP contribution is -2.40. The molecule has 2 heterocycles. The first-order valence-corrected chi connectivity index (χ1v) is 15.5. The Kier molecular flexibility index (Phi) is 11.6. The SMILES string of the molecule is O=C(CCNCCN1CCOCC1)Nc1cccc2c1C(=O)c1cccc(NC(=O)CCNCCN3CCOCC3)c1C2=O. The maximum absolute atomic E-state index is 13.7. The first kappa shape index (κ1) is 31.9. The van der Waals surface area contributed by atoms with E-state index in [1.807, 2.05) is 0 Å². The molecule has 2 aromatic rings. The highest BCUT2D eigenvalue weighted by Gasteiger charge is 2.34. The van der Waals surface area contributed by atoms with Gasteiger partial charge in [0.2, 0.25) is 11.8 Å². The molecule has 0 unspecified atom stereocenters. The third-order valence-electron chi connectivity index (χ3n) is 8.10. The van der Waals surface area contributed by atoms with Crippen LogP contribution in [0.25, 0.3) is 0 Å². The molecule has 0 aromatic heterocycles. The number of benzene rings is 2. The zero-order valence-corrected chi connectivity index (χ0v) is 25.1. The average molecular weight is 607 g/mol. The smallest absolute Gasteiger partial charge is 0.225 e. The van der Waals surface area contributed by atoms with E-state index in [1.54, 1.807) is 36.4 Å². The molecule has 0 atom stereocenters. The molecule has 44 heavy (non-hydrogen) atoms. The van der Waals surface area contributed by atoms with Crippen molar-refractivity contribution in [3.8, 4) is 0 Å². The number of amides is 2. The summed E-state index contributed by atoms with van der Waals surface area (Å²) in [5.41, 5.74) is 1.37. The fourth-order valence-electron chi connectivity index (χ4n) is 5.65. The number of rotatable bonds is 14. The molecule has 12 heteroatoms. The van der Waals surface area contributed by atoms with E-state index in [2.05, 4.69) is 31.1 Å². The van der Waals surface area contributed by atoms with Crippen LogP contribution in [0.5, 0.6) is 0 Å². The van der Waals surface area contributed by atoms with E-state index in [0.717, 1.165) is 78.8 Å². The number of nitrogens with zero attached hydrogens (tertiary/aromatic N) is 2. The van der Waals surface area contributed by atoms with Crippen LogP contribution in [0.1, 0.15) is 44.7 Å². The van der Waals surface area contributed by atoms with Gasteiger partial charge in [0, 0.05) is 89.4 Å². The first-order chi connectivity index (χ1) is 21.5. The topological polar surface area (TPSA) is 141 Å². The quantitative estimate of drug-likeness (QED) is 0.196. The molecule has 2 saturated heterocycles. The molecule has 0 radical (unpaired) electrons. The van der Waals surface area contributed by atoms with Gasteiger partial charge in [-0.15, -0.1) is 0 Å². The molecular weight excluding hydrogens is 564 g/mol. The molecule has 2 amide bonds. The van der Waals surface area contributed by atoms with Gasteiger partial charge in [-0.2, -0.15) is 0 Å². The van der Waals surface area contributed by atoms with Crippen LogP contribution in [0.3, 0.4) is 0 Å². The zero-order chi connectivity index (χ0) is 30.7. The molecule has 5 rings (SSSR count). The fraction of sp³-hybridized carbons (Fsp3) is 0.500. The molecule has 2 fully saturated rings. The molecule has 2 aromatic carbocycles. The van der Waals surface area contributed by atoms with Crippen molar-refractivity contribution in [2.24, 2.45) is 0 Å². The van der Waals surface area contributed by atoms with Crippen molar-refractivity contribution in [2.45, 2.75) is 12.8 Å². The average Bonchev–Trinajstić information content (AvgIpc) is 3.04. The first-order valence-electron chi connectivity index (χ1n) is 15.5. The van der Waals surface area contributed by atoms with Gasteiger partial charge in [0.05, 0.1) is 48.9 Å². The van der Waals surface area contributed by atoms with Gasteiger partial charge in [-0.1, -0.05) is 24.3 Å². The Bertz CT molecular complexity index is 1240. The highest BCUT2D eigenvalue weighted by Crippen LogP contribution is 2.35. The lowest BCUT2D eigenvalue weighted by molar-refractivity contribution is -0.117. The minimum Gasteiger partial charge on any atom is -0.379 e. The van der Waals surface area contributed by atoms with E-state index < -0.39 is 0 Å². The second-order valence-electron chi connectivity index (χ2n) is 11.1. The second kappa shape index (κ2) is 16.0. The van der Waals surface area contributed by atoms with Gasteiger partial charge in [0.15, 0.2) is 11.6 Å². The van der Waals surface area contributed by atoms with Gasteiger partial charge in [0.25, 0.3) is 0 Å². The largest absolute Gasteiger partial charge is 0.379 e. The number of anilines is 2. The number of hydrogen-bond donors (Lipinski definition) is 4. The maximum atomic E-state index is 13.7. The predicted octanol–water partition coefficient (Wildman–Crippen LogP) is 0.963. The minimum absolute atomic E-state index is 0.173. The van der Waals surface area contributed by atoms with E-state index >= 15 is 0 Å². The number of hydrogen-bond acceptors (Lipinski definition) is 10. The number of carbonyl (C=O) groups excluding carboxylic acids is 4. The zero-order valence-electron chi connectivity index (χ0n) is 25.1. The van der Waals surface area contributed by atoms with Gasteiger partial charge in [-0.25, -0.2) is 0 Å². The van der Waals surface area contributed by atoms with Gasteiger partial charge >= 0.3 is 0 Å². The molecule has 0 bridgehead atoms. The van der Waals surface area contributed by atoms with Crippen LogP contribution < -0.4 is 21.3 Å².